The molecule has 2 rings (SSSR count). The highest BCUT2D eigenvalue weighted by molar-refractivity contribution is 5.78. The Kier molecular flexibility index (Phi) is 3.82. The zero-order chi connectivity index (χ0) is 12.3. The summed E-state index contributed by atoms with van der Waals surface area (Å²) in [5, 5.41) is 4.22. The van der Waals surface area contributed by atoms with Gasteiger partial charge in [0.2, 0.25) is 5.91 Å². The molecule has 1 aromatic heterocycles. The van der Waals surface area contributed by atoms with Crippen LogP contribution in [-0.2, 0) is 17.9 Å². The SMILES string of the molecule is CCn1nccc1CN(C)C(=O)C1CCCC1. The molecule has 94 valence electrons. The molecule has 0 N–H and O–H groups in total. The molecule has 1 aromatic rings. The lowest BCUT2D eigenvalue weighted by Crippen LogP contribution is -2.32. The van der Waals surface area contributed by atoms with E-state index >= 15 is 0 Å². The third-order valence-corrected chi connectivity index (χ3v) is 3.58. The third-order valence-electron chi connectivity index (χ3n) is 3.58. The van der Waals surface area contributed by atoms with Crippen LogP contribution in [0.1, 0.15) is 38.3 Å². The van der Waals surface area contributed by atoms with Crippen molar-refractivity contribution >= 4 is 5.91 Å². The van der Waals surface area contributed by atoms with Crippen LogP contribution in [0.25, 0.3) is 0 Å². The molecule has 1 aliphatic carbocycles. The maximum Gasteiger partial charge on any atom is 0.225 e. The Morgan fingerprint density at radius 3 is 2.88 bits per heavy atom. The van der Waals surface area contributed by atoms with Crippen molar-refractivity contribution in [2.24, 2.45) is 5.92 Å². The van der Waals surface area contributed by atoms with Crippen molar-refractivity contribution in [3.05, 3.63) is 18.0 Å². The van der Waals surface area contributed by atoms with Crippen LogP contribution in [0.3, 0.4) is 0 Å². The van der Waals surface area contributed by atoms with E-state index in [1.165, 1.54) is 12.8 Å². The van der Waals surface area contributed by atoms with Crippen LogP contribution in [0.5, 0.6) is 0 Å². The Morgan fingerprint density at radius 2 is 2.24 bits per heavy atom. The molecule has 1 amide bonds. The lowest BCUT2D eigenvalue weighted by atomic mass is 10.1. The molecule has 0 spiro atoms. The average molecular weight is 235 g/mol. The highest BCUT2D eigenvalue weighted by atomic mass is 16.2. The second-order valence-corrected chi connectivity index (χ2v) is 4.81. The van der Waals surface area contributed by atoms with Gasteiger partial charge in [0.15, 0.2) is 0 Å². The predicted molar refractivity (Wildman–Crippen MR) is 66.3 cm³/mol. The minimum atomic E-state index is 0.262. The molecule has 1 fully saturated rings. The van der Waals surface area contributed by atoms with Gasteiger partial charge in [-0.2, -0.15) is 5.10 Å². The number of hydrogen-bond donors (Lipinski definition) is 0. The fourth-order valence-electron chi connectivity index (χ4n) is 2.58. The smallest absolute Gasteiger partial charge is 0.225 e. The van der Waals surface area contributed by atoms with Crippen LogP contribution in [0, 0.1) is 5.92 Å². The first-order chi connectivity index (χ1) is 8.22. The molecule has 0 bridgehead atoms. The third kappa shape index (κ3) is 2.68. The minimum Gasteiger partial charge on any atom is -0.340 e. The van der Waals surface area contributed by atoms with Crippen LogP contribution >= 0.6 is 0 Å². The molecule has 0 saturated heterocycles. The Balaban J connectivity index is 1.96. The summed E-state index contributed by atoms with van der Waals surface area (Å²) in [5.74, 6) is 0.560. The normalized spacial score (nSPS) is 16.4. The largest absolute Gasteiger partial charge is 0.340 e. The first-order valence-electron chi connectivity index (χ1n) is 6.48. The zero-order valence-electron chi connectivity index (χ0n) is 10.7. The van der Waals surface area contributed by atoms with Gasteiger partial charge in [0.05, 0.1) is 12.2 Å². The summed E-state index contributed by atoms with van der Waals surface area (Å²) in [7, 11) is 1.90. The lowest BCUT2D eigenvalue weighted by Gasteiger charge is -2.21. The van der Waals surface area contributed by atoms with E-state index in [4.69, 9.17) is 0 Å². The summed E-state index contributed by atoms with van der Waals surface area (Å²) in [5.41, 5.74) is 1.11. The highest BCUT2D eigenvalue weighted by Gasteiger charge is 2.25. The molecule has 1 aliphatic rings. The summed E-state index contributed by atoms with van der Waals surface area (Å²) >= 11 is 0. The van der Waals surface area contributed by atoms with Crippen molar-refractivity contribution in [3.63, 3.8) is 0 Å². The van der Waals surface area contributed by atoms with Gasteiger partial charge >= 0.3 is 0 Å². The van der Waals surface area contributed by atoms with Gasteiger partial charge in [-0.05, 0) is 25.8 Å². The number of carbonyl (C=O) groups excluding carboxylic acids is 1. The van der Waals surface area contributed by atoms with Crippen molar-refractivity contribution < 1.29 is 4.79 Å². The van der Waals surface area contributed by atoms with Crippen LogP contribution in [0.15, 0.2) is 12.3 Å². The fraction of sp³-hybridized carbons (Fsp3) is 0.692. The molecule has 0 aliphatic heterocycles. The average Bonchev–Trinajstić information content (AvgIpc) is 2.98. The molecule has 17 heavy (non-hydrogen) atoms. The molecule has 4 heteroatoms. The first-order valence-corrected chi connectivity index (χ1v) is 6.48. The van der Waals surface area contributed by atoms with Gasteiger partial charge in [-0.15, -0.1) is 0 Å². The summed E-state index contributed by atoms with van der Waals surface area (Å²) in [6.07, 6.45) is 6.34. The molecule has 1 saturated carbocycles. The fourth-order valence-corrected chi connectivity index (χ4v) is 2.58. The maximum absolute atomic E-state index is 12.2. The monoisotopic (exact) mass is 235 g/mol. The quantitative estimate of drug-likeness (QED) is 0.801. The van der Waals surface area contributed by atoms with E-state index in [-0.39, 0.29) is 5.92 Å². The van der Waals surface area contributed by atoms with Crippen molar-refractivity contribution in [1.29, 1.82) is 0 Å². The zero-order valence-corrected chi connectivity index (χ0v) is 10.7. The van der Waals surface area contributed by atoms with Crippen molar-refractivity contribution in [2.75, 3.05) is 7.05 Å². The van der Waals surface area contributed by atoms with Crippen molar-refractivity contribution in [3.8, 4) is 0 Å². The van der Waals surface area contributed by atoms with Crippen LogP contribution in [0.2, 0.25) is 0 Å². The van der Waals surface area contributed by atoms with E-state index < -0.39 is 0 Å². The molecule has 0 unspecified atom stereocenters. The van der Waals surface area contributed by atoms with Crippen molar-refractivity contribution in [2.45, 2.75) is 45.7 Å². The topological polar surface area (TPSA) is 38.1 Å². The van der Waals surface area contributed by atoms with E-state index in [0.29, 0.717) is 12.5 Å². The Bertz CT molecular complexity index is 380. The number of rotatable bonds is 4. The second-order valence-electron chi connectivity index (χ2n) is 4.81. The highest BCUT2D eigenvalue weighted by Crippen LogP contribution is 2.26. The van der Waals surface area contributed by atoms with Gasteiger partial charge in [0.1, 0.15) is 0 Å². The van der Waals surface area contributed by atoms with Gasteiger partial charge in [-0.25, -0.2) is 0 Å². The standard InChI is InChI=1S/C13H21N3O/c1-3-16-12(8-9-14-16)10-15(2)13(17)11-6-4-5-7-11/h8-9,11H,3-7,10H2,1-2H3. The maximum atomic E-state index is 12.2. The van der Waals surface area contributed by atoms with Crippen molar-refractivity contribution in [1.82, 2.24) is 14.7 Å². The molecule has 0 radical (unpaired) electrons. The van der Waals surface area contributed by atoms with Crippen LogP contribution in [0.4, 0.5) is 0 Å². The van der Waals surface area contributed by atoms with E-state index in [1.807, 2.05) is 22.7 Å². The van der Waals surface area contributed by atoms with E-state index in [1.54, 1.807) is 6.20 Å². The van der Waals surface area contributed by atoms with Gasteiger partial charge in [0.25, 0.3) is 0 Å². The first kappa shape index (κ1) is 12.1. The molecule has 0 aromatic carbocycles. The predicted octanol–water partition coefficient (Wildman–Crippen LogP) is 2.05. The van der Waals surface area contributed by atoms with E-state index in [0.717, 1.165) is 25.1 Å². The van der Waals surface area contributed by atoms with E-state index in [9.17, 15) is 4.79 Å². The van der Waals surface area contributed by atoms with Gasteiger partial charge in [0, 0.05) is 25.7 Å². The molecular formula is C13H21N3O. The summed E-state index contributed by atoms with van der Waals surface area (Å²) in [4.78, 5) is 14.0. The summed E-state index contributed by atoms with van der Waals surface area (Å²) in [6, 6.07) is 1.99. The number of carbonyl (C=O) groups is 1. The Morgan fingerprint density at radius 1 is 1.53 bits per heavy atom. The van der Waals surface area contributed by atoms with E-state index in [2.05, 4.69) is 12.0 Å². The van der Waals surface area contributed by atoms with Gasteiger partial charge in [-0.3, -0.25) is 9.48 Å². The van der Waals surface area contributed by atoms with Crippen LogP contribution < -0.4 is 0 Å². The summed E-state index contributed by atoms with van der Waals surface area (Å²) < 4.78 is 1.94. The number of aromatic nitrogens is 2. The molecule has 1 heterocycles. The number of aryl methyl sites for hydroxylation is 1. The Labute approximate surface area is 103 Å². The minimum absolute atomic E-state index is 0.262. The second kappa shape index (κ2) is 5.34. The molecular weight excluding hydrogens is 214 g/mol. The number of hydrogen-bond acceptors (Lipinski definition) is 2. The molecule has 4 nitrogen and oxygen atoms in total. The van der Waals surface area contributed by atoms with Gasteiger partial charge in [-0.1, -0.05) is 12.8 Å². The number of amides is 1. The van der Waals surface area contributed by atoms with Gasteiger partial charge < -0.3 is 4.90 Å². The lowest BCUT2D eigenvalue weighted by molar-refractivity contribution is -0.134. The van der Waals surface area contributed by atoms with Crippen LogP contribution in [-0.4, -0.2) is 27.6 Å². The Hall–Kier alpha value is -1.32. The number of nitrogens with zero attached hydrogens (tertiary/aromatic N) is 3. The molecule has 0 atom stereocenters. The summed E-state index contributed by atoms with van der Waals surface area (Å²) in [6.45, 7) is 3.59.